The Labute approximate surface area is 117 Å². The summed E-state index contributed by atoms with van der Waals surface area (Å²) in [5.74, 6) is 0.0800. The second kappa shape index (κ2) is 5.32. The van der Waals surface area contributed by atoms with E-state index in [9.17, 15) is 4.79 Å². The van der Waals surface area contributed by atoms with Gasteiger partial charge >= 0.3 is 0 Å². The topological polar surface area (TPSA) is 87.9 Å². The minimum atomic E-state index is -0.427. The van der Waals surface area contributed by atoms with Crippen molar-refractivity contribution in [3.63, 3.8) is 0 Å². The lowest BCUT2D eigenvalue weighted by atomic mass is 9.93. The van der Waals surface area contributed by atoms with Crippen LogP contribution in [0.15, 0.2) is 30.7 Å². The molecule has 3 N–H and O–H groups in total. The number of piperidine rings is 1. The zero-order valence-corrected chi connectivity index (χ0v) is 11.1. The lowest BCUT2D eigenvalue weighted by molar-refractivity contribution is 0.100. The minimum absolute atomic E-state index is 0.427. The predicted molar refractivity (Wildman–Crippen MR) is 75.5 cm³/mol. The number of rotatable bonds is 3. The number of anilines is 1. The Kier molecular flexibility index (Phi) is 3.37. The molecule has 2 aromatic heterocycles. The standard InChI is InChI=1S/C14H17N5O/c15-14(20)11-9-16-5-2-13(11)19-7-3-10(4-8-19)12-1-6-17-18-12/h1-2,5-6,9-10H,3-4,7-8H2,(H2,15,20)(H,17,18). The second-order valence-electron chi connectivity index (χ2n) is 5.03. The lowest BCUT2D eigenvalue weighted by Gasteiger charge is -2.33. The van der Waals surface area contributed by atoms with Gasteiger partial charge < -0.3 is 10.6 Å². The number of nitrogens with zero attached hydrogens (tertiary/aromatic N) is 3. The molecule has 0 saturated carbocycles. The predicted octanol–water partition coefficient (Wildman–Crippen LogP) is 1.29. The van der Waals surface area contributed by atoms with E-state index in [0.717, 1.165) is 31.6 Å². The fraction of sp³-hybridized carbons (Fsp3) is 0.357. The molecule has 0 unspecified atom stereocenters. The van der Waals surface area contributed by atoms with Gasteiger partial charge in [0.2, 0.25) is 0 Å². The van der Waals surface area contributed by atoms with Crippen LogP contribution in [0.4, 0.5) is 5.69 Å². The quantitative estimate of drug-likeness (QED) is 0.880. The van der Waals surface area contributed by atoms with E-state index >= 15 is 0 Å². The normalized spacial score (nSPS) is 16.3. The van der Waals surface area contributed by atoms with Gasteiger partial charge in [0, 0.05) is 43.3 Å². The molecular formula is C14H17N5O. The molecule has 6 nitrogen and oxygen atoms in total. The van der Waals surface area contributed by atoms with Crippen LogP contribution in [0.5, 0.6) is 0 Å². The average molecular weight is 271 g/mol. The smallest absolute Gasteiger partial charge is 0.252 e. The van der Waals surface area contributed by atoms with Crippen molar-refractivity contribution in [2.45, 2.75) is 18.8 Å². The van der Waals surface area contributed by atoms with Crippen LogP contribution in [0.2, 0.25) is 0 Å². The minimum Gasteiger partial charge on any atom is -0.371 e. The second-order valence-corrected chi connectivity index (χ2v) is 5.03. The molecule has 0 atom stereocenters. The molecule has 0 spiro atoms. The van der Waals surface area contributed by atoms with Crippen LogP contribution in [0.25, 0.3) is 0 Å². The van der Waals surface area contributed by atoms with Gasteiger partial charge in [-0.05, 0) is 25.0 Å². The van der Waals surface area contributed by atoms with Gasteiger partial charge in [-0.25, -0.2) is 0 Å². The zero-order chi connectivity index (χ0) is 13.9. The van der Waals surface area contributed by atoms with Crippen LogP contribution in [0.3, 0.4) is 0 Å². The molecule has 0 aliphatic carbocycles. The molecule has 0 aromatic carbocycles. The Bertz CT molecular complexity index is 587. The van der Waals surface area contributed by atoms with Gasteiger partial charge in [-0.15, -0.1) is 0 Å². The fourth-order valence-corrected chi connectivity index (χ4v) is 2.78. The van der Waals surface area contributed by atoms with Crippen molar-refractivity contribution in [3.05, 3.63) is 42.0 Å². The van der Waals surface area contributed by atoms with Crippen LogP contribution in [-0.4, -0.2) is 34.2 Å². The molecular weight excluding hydrogens is 254 g/mol. The maximum atomic E-state index is 11.5. The first-order valence-electron chi connectivity index (χ1n) is 6.73. The van der Waals surface area contributed by atoms with E-state index in [4.69, 9.17) is 5.73 Å². The summed E-state index contributed by atoms with van der Waals surface area (Å²) in [7, 11) is 0. The Morgan fingerprint density at radius 3 is 2.75 bits per heavy atom. The molecule has 3 rings (SSSR count). The molecule has 1 aliphatic heterocycles. The number of hydrogen-bond acceptors (Lipinski definition) is 4. The molecule has 1 aliphatic rings. The summed E-state index contributed by atoms with van der Waals surface area (Å²) in [4.78, 5) is 17.6. The first kappa shape index (κ1) is 12.7. The third-order valence-electron chi connectivity index (χ3n) is 3.86. The molecule has 2 aromatic rings. The summed E-state index contributed by atoms with van der Waals surface area (Å²) in [5, 5.41) is 7.04. The molecule has 6 heteroatoms. The third kappa shape index (κ3) is 2.36. The summed E-state index contributed by atoms with van der Waals surface area (Å²) < 4.78 is 0. The van der Waals surface area contributed by atoms with Gasteiger partial charge in [0.25, 0.3) is 5.91 Å². The Morgan fingerprint density at radius 1 is 1.30 bits per heavy atom. The van der Waals surface area contributed by atoms with Crippen molar-refractivity contribution in [2.24, 2.45) is 5.73 Å². The molecule has 104 valence electrons. The SMILES string of the molecule is NC(=O)c1cnccc1N1CCC(c2ccn[nH]2)CC1. The van der Waals surface area contributed by atoms with E-state index in [2.05, 4.69) is 20.1 Å². The van der Waals surface area contributed by atoms with E-state index < -0.39 is 5.91 Å². The van der Waals surface area contributed by atoms with Crippen molar-refractivity contribution in [3.8, 4) is 0 Å². The zero-order valence-electron chi connectivity index (χ0n) is 11.1. The highest BCUT2D eigenvalue weighted by Gasteiger charge is 2.23. The lowest BCUT2D eigenvalue weighted by Crippen LogP contribution is -2.34. The van der Waals surface area contributed by atoms with E-state index in [1.54, 1.807) is 18.6 Å². The number of nitrogens with one attached hydrogen (secondary N) is 1. The molecule has 20 heavy (non-hydrogen) atoms. The molecule has 3 heterocycles. The highest BCUT2D eigenvalue weighted by atomic mass is 16.1. The number of nitrogens with two attached hydrogens (primary N) is 1. The van der Waals surface area contributed by atoms with Crippen molar-refractivity contribution in [1.29, 1.82) is 0 Å². The van der Waals surface area contributed by atoms with Gasteiger partial charge in [-0.2, -0.15) is 5.10 Å². The van der Waals surface area contributed by atoms with Crippen molar-refractivity contribution in [2.75, 3.05) is 18.0 Å². The summed E-state index contributed by atoms with van der Waals surface area (Å²) in [6.45, 7) is 1.79. The highest BCUT2D eigenvalue weighted by Crippen LogP contribution is 2.30. The molecule has 0 radical (unpaired) electrons. The first-order valence-corrected chi connectivity index (χ1v) is 6.73. The van der Waals surface area contributed by atoms with E-state index in [1.165, 1.54) is 5.69 Å². The molecule has 1 fully saturated rings. The van der Waals surface area contributed by atoms with Gasteiger partial charge in [0.05, 0.1) is 11.3 Å². The number of H-pyrrole nitrogens is 1. The van der Waals surface area contributed by atoms with Gasteiger partial charge in [0.15, 0.2) is 0 Å². The Morgan fingerprint density at radius 2 is 2.10 bits per heavy atom. The van der Waals surface area contributed by atoms with Crippen molar-refractivity contribution >= 4 is 11.6 Å². The molecule has 1 amide bonds. The summed E-state index contributed by atoms with van der Waals surface area (Å²) in [6.07, 6.45) is 7.09. The number of amides is 1. The number of primary amides is 1. The number of aromatic nitrogens is 3. The summed E-state index contributed by atoms with van der Waals surface area (Å²) >= 11 is 0. The summed E-state index contributed by atoms with van der Waals surface area (Å²) in [5.41, 5.74) is 7.97. The van der Waals surface area contributed by atoms with Gasteiger partial charge in [-0.1, -0.05) is 0 Å². The number of aromatic amines is 1. The van der Waals surface area contributed by atoms with Crippen LogP contribution in [0, 0.1) is 0 Å². The van der Waals surface area contributed by atoms with Crippen molar-refractivity contribution < 1.29 is 4.79 Å². The van der Waals surface area contributed by atoms with E-state index in [1.807, 2.05) is 12.1 Å². The average Bonchev–Trinajstić information content (AvgIpc) is 3.02. The maximum Gasteiger partial charge on any atom is 0.252 e. The van der Waals surface area contributed by atoms with Gasteiger partial charge in [0.1, 0.15) is 0 Å². The van der Waals surface area contributed by atoms with Crippen LogP contribution >= 0.6 is 0 Å². The highest BCUT2D eigenvalue weighted by molar-refractivity contribution is 5.98. The van der Waals surface area contributed by atoms with Crippen molar-refractivity contribution in [1.82, 2.24) is 15.2 Å². The van der Waals surface area contributed by atoms with Crippen LogP contribution < -0.4 is 10.6 Å². The third-order valence-corrected chi connectivity index (χ3v) is 3.86. The maximum absolute atomic E-state index is 11.5. The van der Waals surface area contributed by atoms with Gasteiger partial charge in [-0.3, -0.25) is 14.9 Å². The molecule has 1 saturated heterocycles. The first-order chi connectivity index (χ1) is 9.75. The Balaban J connectivity index is 1.74. The largest absolute Gasteiger partial charge is 0.371 e. The monoisotopic (exact) mass is 271 g/mol. The summed E-state index contributed by atoms with van der Waals surface area (Å²) in [6, 6.07) is 3.89. The number of pyridine rings is 1. The van der Waals surface area contributed by atoms with Crippen LogP contribution in [-0.2, 0) is 0 Å². The fourth-order valence-electron chi connectivity index (χ4n) is 2.78. The van der Waals surface area contributed by atoms with E-state index in [0.29, 0.717) is 11.5 Å². The molecule has 0 bridgehead atoms. The number of carbonyl (C=O) groups excluding carboxylic acids is 1. The van der Waals surface area contributed by atoms with E-state index in [-0.39, 0.29) is 0 Å². The number of carbonyl (C=O) groups is 1. The number of hydrogen-bond donors (Lipinski definition) is 2. The van der Waals surface area contributed by atoms with Crippen LogP contribution in [0.1, 0.15) is 34.8 Å². The Hall–Kier alpha value is -2.37.